The minimum Gasteiger partial charge on any atom is -0.496 e. The summed E-state index contributed by atoms with van der Waals surface area (Å²) in [5.41, 5.74) is 0.395. The van der Waals surface area contributed by atoms with Crippen molar-refractivity contribution < 1.29 is 32.8 Å². The highest BCUT2D eigenvalue weighted by atomic mass is 16.5. The summed E-state index contributed by atoms with van der Waals surface area (Å²) >= 11 is 0. The lowest BCUT2D eigenvalue weighted by Crippen LogP contribution is -2.05. The molecule has 2 aromatic carbocycles. The molecule has 3 aromatic rings. The summed E-state index contributed by atoms with van der Waals surface area (Å²) in [6.45, 7) is 0. The van der Waals surface area contributed by atoms with E-state index in [4.69, 9.17) is 32.8 Å². The number of fused-ring (bicyclic) bond motifs is 1. The Morgan fingerprint density at radius 3 is 1.83 bits per heavy atom. The molecule has 0 radical (unpaired) electrons. The van der Waals surface area contributed by atoms with Gasteiger partial charge in [-0.15, -0.1) is 0 Å². The first kappa shape index (κ1) is 20.2. The Balaban J connectivity index is 2.40. The number of hydrogen-bond acceptors (Lipinski definition) is 8. The van der Waals surface area contributed by atoms with Crippen LogP contribution in [-0.4, -0.2) is 42.7 Å². The van der Waals surface area contributed by atoms with Crippen molar-refractivity contribution in [2.75, 3.05) is 42.7 Å². The summed E-state index contributed by atoms with van der Waals surface area (Å²) in [4.78, 5) is 13.0. The van der Waals surface area contributed by atoms with E-state index in [0.717, 1.165) is 0 Å². The minimum atomic E-state index is -0.309. The molecule has 0 aliphatic carbocycles. The van der Waals surface area contributed by atoms with Crippen LogP contribution in [0.5, 0.6) is 34.5 Å². The molecule has 0 aliphatic heterocycles. The maximum absolute atomic E-state index is 13.0. The van der Waals surface area contributed by atoms with Crippen LogP contribution in [0.4, 0.5) is 0 Å². The van der Waals surface area contributed by atoms with Gasteiger partial charge in [0.15, 0.2) is 28.3 Å². The molecule has 1 aromatic heterocycles. The van der Waals surface area contributed by atoms with E-state index in [1.807, 2.05) is 0 Å². The van der Waals surface area contributed by atoms with Gasteiger partial charge in [-0.25, -0.2) is 0 Å². The molecule has 0 spiro atoms. The normalized spacial score (nSPS) is 10.6. The zero-order chi connectivity index (χ0) is 21.1. The highest BCUT2D eigenvalue weighted by molar-refractivity contribution is 5.92. The molecule has 0 amide bonds. The summed E-state index contributed by atoms with van der Waals surface area (Å²) < 4.78 is 38.5. The lowest BCUT2D eigenvalue weighted by Gasteiger charge is -2.16. The molecule has 0 saturated heterocycles. The second-order valence-corrected chi connectivity index (χ2v) is 5.88. The predicted molar refractivity (Wildman–Crippen MR) is 107 cm³/mol. The van der Waals surface area contributed by atoms with Gasteiger partial charge in [-0.1, -0.05) is 0 Å². The van der Waals surface area contributed by atoms with Crippen LogP contribution in [0.2, 0.25) is 0 Å². The maximum atomic E-state index is 13.0. The van der Waals surface area contributed by atoms with Crippen LogP contribution in [0.1, 0.15) is 0 Å². The topological polar surface area (TPSA) is 85.6 Å². The van der Waals surface area contributed by atoms with Gasteiger partial charge in [-0.2, -0.15) is 0 Å². The van der Waals surface area contributed by atoms with E-state index < -0.39 is 0 Å². The molecule has 0 aliphatic rings. The zero-order valence-corrected chi connectivity index (χ0v) is 17.1. The van der Waals surface area contributed by atoms with Gasteiger partial charge in [0.1, 0.15) is 16.9 Å². The largest absolute Gasteiger partial charge is 0.496 e. The van der Waals surface area contributed by atoms with Crippen molar-refractivity contribution in [2.45, 2.75) is 0 Å². The van der Waals surface area contributed by atoms with Crippen LogP contribution < -0.4 is 33.8 Å². The second-order valence-electron chi connectivity index (χ2n) is 5.88. The zero-order valence-electron chi connectivity index (χ0n) is 17.1. The van der Waals surface area contributed by atoms with E-state index in [0.29, 0.717) is 34.3 Å². The first-order valence-electron chi connectivity index (χ1n) is 8.60. The number of benzene rings is 2. The first-order chi connectivity index (χ1) is 14.0. The van der Waals surface area contributed by atoms with Crippen LogP contribution in [0.3, 0.4) is 0 Å². The van der Waals surface area contributed by atoms with E-state index in [1.165, 1.54) is 48.7 Å². The van der Waals surface area contributed by atoms with Crippen molar-refractivity contribution in [2.24, 2.45) is 0 Å². The van der Waals surface area contributed by atoms with E-state index in [9.17, 15) is 4.79 Å². The number of rotatable bonds is 7. The molecule has 8 nitrogen and oxygen atoms in total. The number of methoxy groups -OCH3 is 6. The molecule has 0 atom stereocenters. The molecule has 0 saturated carbocycles. The molecule has 8 heteroatoms. The van der Waals surface area contributed by atoms with Crippen LogP contribution in [-0.2, 0) is 0 Å². The van der Waals surface area contributed by atoms with Gasteiger partial charge in [0.25, 0.3) is 0 Å². The molecule has 0 N–H and O–H groups in total. The van der Waals surface area contributed by atoms with Gasteiger partial charge in [0.2, 0.25) is 11.5 Å². The van der Waals surface area contributed by atoms with Crippen LogP contribution in [0.15, 0.2) is 33.5 Å². The fourth-order valence-corrected chi connectivity index (χ4v) is 3.19. The van der Waals surface area contributed by atoms with Gasteiger partial charge in [0.05, 0.1) is 48.2 Å². The van der Waals surface area contributed by atoms with E-state index >= 15 is 0 Å². The standard InChI is InChI=1S/C21H22O8/c1-23-13-8-7-11(18(26-4)19(13)27-5)14-9-12(22)17-15(24-2)10-16(25-3)20(28-6)21(17)29-14/h7-10H,1-6H3. The first-order valence-corrected chi connectivity index (χ1v) is 8.60. The average Bonchev–Trinajstić information content (AvgIpc) is 2.76. The SMILES string of the molecule is COc1ccc(-c2cc(=O)c3c(OC)cc(OC)c(OC)c3o2)c(OC)c1OC. The van der Waals surface area contributed by atoms with Crippen molar-refractivity contribution in [1.82, 2.24) is 0 Å². The van der Waals surface area contributed by atoms with Gasteiger partial charge in [-0.3, -0.25) is 4.79 Å². The van der Waals surface area contributed by atoms with Gasteiger partial charge >= 0.3 is 0 Å². The summed E-state index contributed by atoms with van der Waals surface area (Å²) in [5.74, 6) is 2.45. The Morgan fingerprint density at radius 1 is 0.655 bits per heavy atom. The van der Waals surface area contributed by atoms with Crippen molar-refractivity contribution in [3.8, 4) is 45.8 Å². The lowest BCUT2D eigenvalue weighted by atomic mass is 10.1. The molecule has 3 rings (SSSR count). The van der Waals surface area contributed by atoms with E-state index in [-0.39, 0.29) is 27.9 Å². The van der Waals surface area contributed by atoms with Crippen LogP contribution >= 0.6 is 0 Å². The smallest absolute Gasteiger partial charge is 0.205 e. The van der Waals surface area contributed by atoms with Crippen LogP contribution in [0, 0.1) is 0 Å². The van der Waals surface area contributed by atoms with Gasteiger partial charge in [-0.05, 0) is 12.1 Å². The Bertz CT molecular complexity index is 1100. The quantitative estimate of drug-likeness (QED) is 0.594. The summed E-state index contributed by atoms with van der Waals surface area (Å²) in [6.07, 6.45) is 0. The van der Waals surface area contributed by atoms with E-state index in [1.54, 1.807) is 18.2 Å². The predicted octanol–water partition coefficient (Wildman–Crippen LogP) is 3.51. The van der Waals surface area contributed by atoms with Crippen LogP contribution in [0.25, 0.3) is 22.3 Å². The highest BCUT2D eigenvalue weighted by Crippen LogP contribution is 2.46. The van der Waals surface area contributed by atoms with Crippen molar-refractivity contribution in [1.29, 1.82) is 0 Å². The lowest BCUT2D eigenvalue weighted by molar-refractivity contribution is 0.324. The van der Waals surface area contributed by atoms with Crippen molar-refractivity contribution >= 4 is 11.0 Å². The minimum absolute atomic E-state index is 0.197. The van der Waals surface area contributed by atoms with Gasteiger partial charge < -0.3 is 32.8 Å². The average molecular weight is 402 g/mol. The number of ether oxygens (including phenoxy) is 6. The third-order valence-corrected chi connectivity index (χ3v) is 4.50. The Labute approximate surface area is 167 Å². The molecule has 0 bridgehead atoms. The number of hydrogen-bond donors (Lipinski definition) is 0. The second kappa shape index (κ2) is 8.22. The summed E-state index contributed by atoms with van der Waals surface area (Å²) in [6, 6.07) is 6.35. The Morgan fingerprint density at radius 2 is 1.28 bits per heavy atom. The Kier molecular flexibility index (Phi) is 5.72. The molecule has 29 heavy (non-hydrogen) atoms. The summed E-state index contributed by atoms with van der Waals surface area (Å²) in [7, 11) is 8.93. The molecular formula is C21H22O8. The molecule has 154 valence electrons. The monoisotopic (exact) mass is 402 g/mol. The fourth-order valence-electron chi connectivity index (χ4n) is 3.19. The molecule has 0 unspecified atom stereocenters. The molecule has 1 heterocycles. The third kappa shape index (κ3) is 3.26. The molecular weight excluding hydrogens is 380 g/mol. The van der Waals surface area contributed by atoms with Gasteiger partial charge in [0, 0.05) is 12.1 Å². The summed E-state index contributed by atoms with van der Waals surface area (Å²) in [5, 5.41) is 0.244. The van der Waals surface area contributed by atoms with Crippen molar-refractivity contribution in [3.05, 3.63) is 34.5 Å². The maximum Gasteiger partial charge on any atom is 0.205 e. The molecule has 0 fully saturated rings. The third-order valence-electron chi connectivity index (χ3n) is 4.50. The van der Waals surface area contributed by atoms with Crippen molar-refractivity contribution in [3.63, 3.8) is 0 Å². The Hall–Kier alpha value is -3.55. The highest BCUT2D eigenvalue weighted by Gasteiger charge is 2.23. The van der Waals surface area contributed by atoms with E-state index in [2.05, 4.69) is 0 Å². The fraction of sp³-hybridized carbons (Fsp3) is 0.286.